The Morgan fingerprint density at radius 3 is 2.73 bits per heavy atom. The molecule has 0 spiro atoms. The number of halogens is 2. The van der Waals surface area contributed by atoms with Crippen LogP contribution in [0.5, 0.6) is 0 Å². The Morgan fingerprint density at radius 1 is 1.60 bits per heavy atom. The lowest BCUT2D eigenvalue weighted by Gasteiger charge is -2.03. The number of rotatable bonds is 3. The molecule has 0 N–H and O–H groups in total. The maximum atomic E-state index is 13.5. The van der Waals surface area contributed by atoms with Crippen LogP contribution in [-0.4, -0.2) is 17.4 Å². The average molecular weight is 270 g/mol. The summed E-state index contributed by atoms with van der Waals surface area (Å²) < 4.78 is 13.5. The molecular weight excluding hydrogens is 265 g/mol. The molecule has 0 fully saturated rings. The summed E-state index contributed by atoms with van der Waals surface area (Å²) in [7, 11) is 0. The number of alkyl halides is 1. The first kappa shape index (κ1) is 11.5. The smallest absolute Gasteiger partial charge is 0.176 e. The number of carbonyl (C=O) groups is 2. The fourth-order valence-corrected chi connectivity index (χ4v) is 1.39. The lowest BCUT2D eigenvalue weighted by atomic mass is 10.0. The van der Waals surface area contributed by atoms with Gasteiger partial charge in [-0.15, -0.1) is 0 Å². The number of carbonyl (C=O) groups excluding carboxylic acids is 2. The van der Waals surface area contributed by atoms with Crippen LogP contribution in [0.25, 0.3) is 0 Å². The van der Waals surface area contributed by atoms with Gasteiger partial charge < -0.3 is 0 Å². The summed E-state index contributed by atoms with van der Waals surface area (Å²) in [5.41, 5.74) is -0.632. The second-order valence-electron chi connectivity index (χ2n) is 2.68. The van der Waals surface area contributed by atoms with E-state index in [0.717, 1.165) is 0 Å². The predicted octanol–water partition coefficient (Wildman–Crippen LogP) is 2.09. The predicted molar refractivity (Wildman–Crippen MR) is 54.6 cm³/mol. The zero-order chi connectivity index (χ0) is 11.4. The van der Waals surface area contributed by atoms with Gasteiger partial charge in [0.1, 0.15) is 6.07 Å². The van der Waals surface area contributed by atoms with E-state index >= 15 is 0 Å². The van der Waals surface area contributed by atoms with Gasteiger partial charge in [-0.25, -0.2) is 4.39 Å². The van der Waals surface area contributed by atoms with E-state index in [-0.39, 0.29) is 16.5 Å². The summed E-state index contributed by atoms with van der Waals surface area (Å²) >= 11 is 2.90. The zero-order valence-corrected chi connectivity index (χ0v) is 9.04. The molecule has 0 aliphatic rings. The Balaban J connectivity index is 3.43. The maximum Gasteiger partial charge on any atom is 0.176 e. The molecule has 0 atom stereocenters. The lowest BCUT2D eigenvalue weighted by molar-refractivity contribution is 0.101. The number of Topliss-reactive ketones (excluding diaryl/α,β-unsaturated/α-hetero) is 1. The molecular formula is C10H5BrFNO2. The van der Waals surface area contributed by atoms with Gasteiger partial charge in [-0.2, -0.15) is 5.26 Å². The van der Waals surface area contributed by atoms with Gasteiger partial charge in [0.15, 0.2) is 17.9 Å². The Morgan fingerprint density at radius 2 is 2.27 bits per heavy atom. The van der Waals surface area contributed by atoms with Crippen molar-refractivity contribution in [2.45, 2.75) is 0 Å². The number of hydrogen-bond donors (Lipinski definition) is 0. The van der Waals surface area contributed by atoms with E-state index in [9.17, 15) is 14.0 Å². The monoisotopic (exact) mass is 269 g/mol. The Labute approximate surface area is 93.6 Å². The second-order valence-corrected chi connectivity index (χ2v) is 3.24. The molecule has 0 saturated carbocycles. The first-order valence-corrected chi connectivity index (χ1v) is 5.04. The van der Waals surface area contributed by atoms with Crippen LogP contribution in [-0.2, 0) is 0 Å². The highest BCUT2D eigenvalue weighted by molar-refractivity contribution is 9.09. The largest absolute Gasteiger partial charge is 0.298 e. The summed E-state index contributed by atoms with van der Waals surface area (Å²) in [5.74, 6) is -1.41. The molecule has 0 aliphatic heterocycles. The first-order valence-electron chi connectivity index (χ1n) is 3.92. The minimum atomic E-state index is -0.938. The molecule has 15 heavy (non-hydrogen) atoms. The maximum absolute atomic E-state index is 13.5. The summed E-state index contributed by atoms with van der Waals surface area (Å²) in [6.45, 7) is 0. The molecule has 0 aliphatic carbocycles. The van der Waals surface area contributed by atoms with Crippen molar-refractivity contribution in [2.75, 3.05) is 5.33 Å². The van der Waals surface area contributed by atoms with E-state index in [4.69, 9.17) is 5.26 Å². The van der Waals surface area contributed by atoms with E-state index in [2.05, 4.69) is 15.9 Å². The van der Waals surface area contributed by atoms with Crippen LogP contribution in [0.15, 0.2) is 12.1 Å². The van der Waals surface area contributed by atoms with Gasteiger partial charge in [0.2, 0.25) is 0 Å². The van der Waals surface area contributed by atoms with Crippen LogP contribution in [0, 0.1) is 17.1 Å². The molecule has 0 aromatic heterocycles. The van der Waals surface area contributed by atoms with Crippen LogP contribution in [0.1, 0.15) is 26.3 Å². The van der Waals surface area contributed by atoms with Crippen LogP contribution in [0.2, 0.25) is 0 Å². The quantitative estimate of drug-likeness (QED) is 0.480. The van der Waals surface area contributed by atoms with Gasteiger partial charge in [-0.3, -0.25) is 9.59 Å². The highest BCUT2D eigenvalue weighted by Gasteiger charge is 2.16. The molecule has 1 rings (SSSR count). The fraction of sp³-hybridized carbons (Fsp3) is 0.100. The highest BCUT2D eigenvalue weighted by atomic mass is 79.9. The Kier molecular flexibility index (Phi) is 3.69. The fourth-order valence-electron chi connectivity index (χ4n) is 1.09. The number of hydrogen-bond acceptors (Lipinski definition) is 3. The third-order valence-corrected chi connectivity index (χ3v) is 2.34. The summed E-state index contributed by atoms with van der Waals surface area (Å²) in [6, 6.07) is 4.01. The summed E-state index contributed by atoms with van der Waals surface area (Å²) in [5, 5.41) is 8.60. The topological polar surface area (TPSA) is 57.9 Å². The van der Waals surface area contributed by atoms with Crippen LogP contribution < -0.4 is 0 Å². The molecule has 0 amide bonds. The molecule has 1 aromatic carbocycles. The number of aldehydes is 1. The van der Waals surface area contributed by atoms with E-state index < -0.39 is 17.2 Å². The third kappa shape index (κ3) is 2.10. The summed E-state index contributed by atoms with van der Waals surface area (Å²) in [4.78, 5) is 21.7. The van der Waals surface area contributed by atoms with Gasteiger partial charge >= 0.3 is 0 Å². The van der Waals surface area contributed by atoms with Crippen molar-refractivity contribution < 1.29 is 14.0 Å². The highest BCUT2D eigenvalue weighted by Crippen LogP contribution is 2.17. The van der Waals surface area contributed by atoms with Crippen molar-refractivity contribution in [2.24, 2.45) is 0 Å². The van der Waals surface area contributed by atoms with E-state index in [1.807, 2.05) is 0 Å². The first-order chi connectivity index (χ1) is 7.15. The summed E-state index contributed by atoms with van der Waals surface area (Å²) in [6.07, 6.45) is 0.379. The minimum Gasteiger partial charge on any atom is -0.298 e. The van der Waals surface area contributed by atoms with Crippen molar-refractivity contribution in [3.05, 3.63) is 34.6 Å². The van der Waals surface area contributed by atoms with Crippen molar-refractivity contribution >= 4 is 28.0 Å². The molecule has 0 radical (unpaired) electrons. The zero-order valence-electron chi connectivity index (χ0n) is 7.46. The Hall–Kier alpha value is -1.54. The number of benzene rings is 1. The average Bonchev–Trinajstić information content (AvgIpc) is 2.27. The third-order valence-electron chi connectivity index (χ3n) is 1.83. The molecule has 0 saturated heterocycles. The molecule has 0 bridgehead atoms. The number of ketones is 1. The SMILES string of the molecule is N#Cc1c(C=O)ccc(C(=O)CBr)c1F. The molecule has 1 aromatic rings. The number of nitrogens with zero attached hydrogens (tertiary/aromatic N) is 1. The van der Waals surface area contributed by atoms with Crippen LogP contribution >= 0.6 is 15.9 Å². The van der Waals surface area contributed by atoms with E-state index in [1.54, 1.807) is 6.07 Å². The van der Waals surface area contributed by atoms with Gasteiger partial charge in [0.25, 0.3) is 0 Å². The second kappa shape index (κ2) is 4.80. The minimum absolute atomic E-state index is 0.0325. The van der Waals surface area contributed by atoms with Gasteiger partial charge in [-0.1, -0.05) is 15.9 Å². The van der Waals surface area contributed by atoms with Crippen molar-refractivity contribution in [1.29, 1.82) is 5.26 Å². The number of nitriles is 1. The lowest BCUT2D eigenvalue weighted by Crippen LogP contribution is -2.06. The van der Waals surface area contributed by atoms with Crippen LogP contribution in [0.4, 0.5) is 4.39 Å². The normalized spacial score (nSPS) is 9.40. The molecule has 0 unspecified atom stereocenters. The van der Waals surface area contributed by atoms with Crippen molar-refractivity contribution in [1.82, 2.24) is 0 Å². The van der Waals surface area contributed by atoms with Crippen molar-refractivity contribution in [3.63, 3.8) is 0 Å². The van der Waals surface area contributed by atoms with Crippen molar-refractivity contribution in [3.8, 4) is 6.07 Å². The molecule has 76 valence electrons. The van der Waals surface area contributed by atoms with Gasteiger partial charge in [0, 0.05) is 5.56 Å². The van der Waals surface area contributed by atoms with Gasteiger partial charge in [0.05, 0.1) is 16.5 Å². The van der Waals surface area contributed by atoms with E-state index in [0.29, 0.717) is 6.29 Å². The Bertz CT molecular complexity index is 465. The molecule has 3 nitrogen and oxygen atoms in total. The standard InChI is InChI=1S/C10H5BrFNO2/c11-3-9(15)7-2-1-6(5-14)8(4-13)10(7)12/h1-2,5H,3H2. The molecule has 5 heteroatoms. The molecule has 0 heterocycles. The van der Waals surface area contributed by atoms with E-state index in [1.165, 1.54) is 12.1 Å². The van der Waals surface area contributed by atoms with Crippen LogP contribution in [0.3, 0.4) is 0 Å². The van der Waals surface area contributed by atoms with Gasteiger partial charge in [-0.05, 0) is 12.1 Å².